The van der Waals surface area contributed by atoms with Gasteiger partial charge in [-0.05, 0) is 30.0 Å². The molecule has 0 bridgehead atoms. The third kappa shape index (κ3) is 3.65. The normalized spacial score (nSPS) is 19.9. The summed E-state index contributed by atoms with van der Waals surface area (Å²) in [5.74, 6) is 0. The number of aromatic nitrogens is 2. The third-order valence-corrected chi connectivity index (χ3v) is 4.81. The summed E-state index contributed by atoms with van der Waals surface area (Å²) >= 11 is 3.58. The van der Waals surface area contributed by atoms with E-state index in [4.69, 9.17) is 15.2 Å². The molecule has 1 fully saturated rings. The summed E-state index contributed by atoms with van der Waals surface area (Å²) in [5, 5.41) is 4.45. The van der Waals surface area contributed by atoms with Crippen molar-refractivity contribution in [3.8, 4) is 0 Å². The topological polar surface area (TPSA) is 65.5 Å². The first kappa shape index (κ1) is 16.9. The number of likely N-dealkylation sites (N-methyl/N-ethyl adjacent to an activating group) is 1. The van der Waals surface area contributed by atoms with Crippen LogP contribution in [0.25, 0.3) is 0 Å². The molecule has 1 atom stereocenters. The van der Waals surface area contributed by atoms with Crippen molar-refractivity contribution in [3.63, 3.8) is 0 Å². The Morgan fingerprint density at radius 3 is 2.76 bits per heavy atom. The summed E-state index contributed by atoms with van der Waals surface area (Å²) in [6.07, 6.45) is 3.42. The number of halogens is 1. The molecule has 0 amide bonds. The van der Waals surface area contributed by atoms with Gasteiger partial charge in [0.05, 0.1) is 34.6 Å². The number of nitrogens with zero attached hydrogens (tertiary/aromatic N) is 3. The van der Waals surface area contributed by atoms with Gasteiger partial charge in [0.25, 0.3) is 0 Å². The van der Waals surface area contributed by atoms with Crippen LogP contribution in [0.15, 0.2) is 10.7 Å². The molecule has 2 N–H and O–H groups in total. The fourth-order valence-corrected chi connectivity index (χ4v) is 3.31. The monoisotopic (exact) mass is 360 g/mol. The largest absolute Gasteiger partial charge is 0.381 e. The van der Waals surface area contributed by atoms with E-state index in [2.05, 4.69) is 25.9 Å². The highest BCUT2D eigenvalue weighted by atomic mass is 79.9. The summed E-state index contributed by atoms with van der Waals surface area (Å²) in [5.41, 5.74) is 7.20. The van der Waals surface area contributed by atoms with E-state index in [0.717, 1.165) is 36.1 Å². The van der Waals surface area contributed by atoms with E-state index in [9.17, 15) is 0 Å². The number of methoxy groups -OCH3 is 1. The van der Waals surface area contributed by atoms with Crippen molar-refractivity contribution < 1.29 is 9.47 Å². The molecule has 0 aromatic carbocycles. The maximum atomic E-state index is 6.58. The molecular weight excluding hydrogens is 336 g/mol. The molecule has 6 nitrogen and oxygen atoms in total. The predicted octanol–water partition coefficient (Wildman–Crippen LogP) is 1.40. The molecule has 1 aromatic heterocycles. The van der Waals surface area contributed by atoms with Crippen molar-refractivity contribution in [2.45, 2.75) is 31.0 Å². The number of ether oxygens (including phenoxy) is 2. The number of hydrogen-bond acceptors (Lipinski definition) is 5. The summed E-state index contributed by atoms with van der Waals surface area (Å²) in [6, 6.07) is -0.231. The van der Waals surface area contributed by atoms with Gasteiger partial charge in [-0.3, -0.25) is 4.68 Å². The lowest BCUT2D eigenvalue weighted by molar-refractivity contribution is -0.106. The fourth-order valence-electron chi connectivity index (χ4n) is 2.76. The first-order valence-electron chi connectivity index (χ1n) is 7.24. The molecule has 1 unspecified atom stereocenters. The van der Waals surface area contributed by atoms with Gasteiger partial charge in [-0.1, -0.05) is 0 Å². The quantitative estimate of drug-likeness (QED) is 0.830. The first-order chi connectivity index (χ1) is 10.00. The molecule has 1 aliphatic rings. The zero-order valence-corrected chi connectivity index (χ0v) is 14.6. The van der Waals surface area contributed by atoms with Gasteiger partial charge in [0.2, 0.25) is 0 Å². The summed E-state index contributed by atoms with van der Waals surface area (Å²) < 4.78 is 14.2. The third-order valence-electron chi connectivity index (χ3n) is 4.20. The van der Waals surface area contributed by atoms with Crippen LogP contribution in [0, 0.1) is 0 Å². The van der Waals surface area contributed by atoms with Crippen molar-refractivity contribution >= 4 is 15.9 Å². The minimum absolute atomic E-state index is 0.231. The van der Waals surface area contributed by atoms with E-state index < -0.39 is 0 Å². The van der Waals surface area contributed by atoms with Gasteiger partial charge in [-0.2, -0.15) is 5.10 Å². The van der Waals surface area contributed by atoms with Crippen LogP contribution in [-0.4, -0.2) is 61.2 Å². The number of nitrogens with two attached hydrogens (primary N) is 1. The highest BCUT2D eigenvalue weighted by Crippen LogP contribution is 2.38. The second kappa shape index (κ2) is 7.19. The Hall–Kier alpha value is -0.470. The van der Waals surface area contributed by atoms with E-state index in [-0.39, 0.29) is 11.6 Å². The standard InChI is InChI=1S/C14H25BrN4O2/c1-18(2)6-7-19-12(11(15)10-17-19)13(16)14(20-3)4-8-21-9-5-14/h10,13H,4-9,16H2,1-3H3. The van der Waals surface area contributed by atoms with Crippen LogP contribution in [0.1, 0.15) is 24.6 Å². The smallest absolute Gasteiger partial charge is 0.0929 e. The van der Waals surface area contributed by atoms with Gasteiger partial charge in [0.1, 0.15) is 0 Å². The zero-order valence-electron chi connectivity index (χ0n) is 13.0. The second-order valence-electron chi connectivity index (χ2n) is 5.76. The molecule has 0 radical (unpaired) electrons. The molecule has 0 saturated carbocycles. The molecule has 0 aliphatic carbocycles. The van der Waals surface area contributed by atoms with Crippen LogP contribution >= 0.6 is 15.9 Å². The zero-order chi connectivity index (χ0) is 15.5. The van der Waals surface area contributed by atoms with Gasteiger partial charge < -0.3 is 20.1 Å². The Balaban J connectivity index is 2.24. The van der Waals surface area contributed by atoms with E-state index in [1.165, 1.54) is 0 Å². The Morgan fingerprint density at radius 1 is 1.52 bits per heavy atom. The van der Waals surface area contributed by atoms with Crippen LogP contribution < -0.4 is 5.73 Å². The minimum atomic E-state index is -0.378. The Kier molecular flexibility index (Phi) is 5.79. The molecule has 1 saturated heterocycles. The molecule has 1 aliphatic heterocycles. The van der Waals surface area contributed by atoms with Gasteiger partial charge in [-0.25, -0.2) is 0 Å². The molecule has 120 valence electrons. The number of rotatable bonds is 6. The van der Waals surface area contributed by atoms with Crippen molar-refractivity contribution in [2.75, 3.05) is 41.0 Å². The van der Waals surface area contributed by atoms with E-state index in [0.29, 0.717) is 13.2 Å². The Morgan fingerprint density at radius 2 is 2.19 bits per heavy atom. The van der Waals surface area contributed by atoms with Crippen LogP contribution in [0.2, 0.25) is 0 Å². The second-order valence-corrected chi connectivity index (χ2v) is 6.62. The van der Waals surface area contributed by atoms with E-state index >= 15 is 0 Å². The highest BCUT2D eigenvalue weighted by molar-refractivity contribution is 9.10. The highest BCUT2D eigenvalue weighted by Gasteiger charge is 2.41. The fraction of sp³-hybridized carbons (Fsp3) is 0.786. The van der Waals surface area contributed by atoms with Crippen molar-refractivity contribution in [2.24, 2.45) is 5.73 Å². The average Bonchev–Trinajstić information content (AvgIpc) is 2.86. The molecule has 7 heteroatoms. The number of hydrogen-bond donors (Lipinski definition) is 1. The van der Waals surface area contributed by atoms with Crippen LogP contribution in [-0.2, 0) is 16.0 Å². The molecule has 1 aromatic rings. The van der Waals surface area contributed by atoms with Gasteiger partial charge in [-0.15, -0.1) is 0 Å². The van der Waals surface area contributed by atoms with Crippen molar-refractivity contribution in [1.29, 1.82) is 0 Å². The summed E-state index contributed by atoms with van der Waals surface area (Å²) in [4.78, 5) is 2.13. The lowest BCUT2D eigenvalue weighted by atomic mass is 9.84. The van der Waals surface area contributed by atoms with Gasteiger partial charge in [0.15, 0.2) is 0 Å². The van der Waals surface area contributed by atoms with Gasteiger partial charge >= 0.3 is 0 Å². The summed E-state index contributed by atoms with van der Waals surface area (Å²) in [6.45, 7) is 3.09. The predicted molar refractivity (Wildman–Crippen MR) is 85.2 cm³/mol. The molecule has 2 heterocycles. The minimum Gasteiger partial charge on any atom is -0.381 e. The SMILES string of the molecule is COC1(C(N)c2c(Br)cnn2CCN(C)C)CCOCC1. The average molecular weight is 361 g/mol. The van der Waals surface area contributed by atoms with Crippen molar-refractivity contribution in [3.05, 3.63) is 16.4 Å². The van der Waals surface area contributed by atoms with E-state index in [1.54, 1.807) is 7.11 Å². The van der Waals surface area contributed by atoms with Crippen LogP contribution in [0.5, 0.6) is 0 Å². The van der Waals surface area contributed by atoms with Crippen LogP contribution in [0.4, 0.5) is 0 Å². The maximum absolute atomic E-state index is 6.58. The molecule has 0 spiro atoms. The maximum Gasteiger partial charge on any atom is 0.0929 e. The first-order valence-corrected chi connectivity index (χ1v) is 8.04. The van der Waals surface area contributed by atoms with E-state index in [1.807, 2.05) is 25.0 Å². The molecule has 2 rings (SSSR count). The Bertz CT molecular complexity index is 458. The van der Waals surface area contributed by atoms with Crippen molar-refractivity contribution in [1.82, 2.24) is 14.7 Å². The Labute approximate surface area is 134 Å². The molecule has 21 heavy (non-hydrogen) atoms. The van der Waals surface area contributed by atoms with Crippen LogP contribution in [0.3, 0.4) is 0 Å². The summed E-state index contributed by atoms with van der Waals surface area (Å²) in [7, 11) is 5.83. The lowest BCUT2D eigenvalue weighted by Gasteiger charge is -2.40. The molecular formula is C14H25BrN4O2. The lowest BCUT2D eigenvalue weighted by Crippen LogP contribution is -2.48. The van der Waals surface area contributed by atoms with Gasteiger partial charge in [0, 0.05) is 39.7 Å².